The number of nitrogens with one attached hydrogen (secondary N) is 1. The topological polar surface area (TPSA) is 76.9 Å². The predicted molar refractivity (Wildman–Crippen MR) is 130 cm³/mol. The van der Waals surface area contributed by atoms with Crippen LogP contribution in [0.25, 0.3) is 16.5 Å². The van der Waals surface area contributed by atoms with Crippen molar-refractivity contribution in [3.8, 4) is 5.69 Å². The van der Waals surface area contributed by atoms with Crippen LogP contribution in [0.15, 0.2) is 76.4 Å². The second kappa shape index (κ2) is 10.1. The molecule has 4 rings (SSSR count). The third-order valence-corrected chi connectivity index (χ3v) is 6.39. The van der Waals surface area contributed by atoms with Gasteiger partial charge in [-0.15, -0.1) is 10.2 Å². The monoisotopic (exact) mass is 508 g/mol. The molecule has 0 saturated heterocycles. The number of nitrogens with zero attached hydrogens (tertiary/aromatic N) is 3. The van der Waals surface area contributed by atoms with Crippen LogP contribution in [-0.4, -0.2) is 38.8 Å². The van der Waals surface area contributed by atoms with Gasteiger partial charge >= 0.3 is 0 Å². The second-order valence-corrected chi connectivity index (χ2v) is 9.04. The molecule has 0 unspecified atom stereocenters. The van der Waals surface area contributed by atoms with Gasteiger partial charge in [0.1, 0.15) is 5.82 Å². The molecule has 0 bridgehead atoms. The second-order valence-electron chi connectivity index (χ2n) is 7.18. The van der Waals surface area contributed by atoms with Crippen molar-refractivity contribution in [2.45, 2.75) is 18.5 Å². The number of rotatable bonds is 8. The van der Waals surface area contributed by atoms with Gasteiger partial charge in [-0.2, -0.15) is 0 Å². The maximum Gasteiger partial charge on any atom is 0.216 e. The quantitative estimate of drug-likeness (QED) is 0.272. The molecule has 3 aromatic carbocycles. The number of hydrogen-bond acceptors (Lipinski definition) is 5. The summed E-state index contributed by atoms with van der Waals surface area (Å²) in [6.45, 7) is 1.95. The van der Waals surface area contributed by atoms with Gasteiger partial charge in [-0.1, -0.05) is 76.2 Å². The van der Waals surface area contributed by atoms with E-state index in [1.807, 2.05) is 41.0 Å². The van der Waals surface area contributed by atoms with Gasteiger partial charge in [-0.3, -0.25) is 14.2 Å². The van der Waals surface area contributed by atoms with Crippen LogP contribution in [0, 0.1) is 0 Å². The van der Waals surface area contributed by atoms with E-state index in [2.05, 4.69) is 49.6 Å². The first-order chi connectivity index (χ1) is 15.5. The highest BCUT2D eigenvalue weighted by Gasteiger charge is 2.18. The van der Waals surface area contributed by atoms with Crippen LogP contribution in [0.3, 0.4) is 0 Å². The summed E-state index contributed by atoms with van der Waals surface area (Å²) in [7, 11) is 0. The summed E-state index contributed by atoms with van der Waals surface area (Å²) in [6.07, 6.45) is 0.525. The Bertz CT molecular complexity index is 1270. The number of amides is 1. The molecule has 6 nitrogen and oxygen atoms in total. The summed E-state index contributed by atoms with van der Waals surface area (Å²) in [4.78, 5) is 24.0. The summed E-state index contributed by atoms with van der Waals surface area (Å²) < 4.78 is 2.92. The molecule has 1 amide bonds. The van der Waals surface area contributed by atoms with Crippen molar-refractivity contribution in [1.82, 2.24) is 20.1 Å². The number of halogens is 1. The maximum absolute atomic E-state index is 12.7. The smallest absolute Gasteiger partial charge is 0.216 e. The van der Waals surface area contributed by atoms with Crippen LogP contribution in [0.1, 0.15) is 23.1 Å². The number of ketones is 1. The number of carbonyl (C=O) groups is 2. The van der Waals surface area contributed by atoms with Crippen LogP contribution in [0.5, 0.6) is 0 Å². The molecule has 32 heavy (non-hydrogen) atoms. The first-order valence-electron chi connectivity index (χ1n) is 10.1. The van der Waals surface area contributed by atoms with Gasteiger partial charge in [0.15, 0.2) is 10.9 Å². The standard InChI is InChI=1S/C24H21BrN4O2S/c1-16(30)26-14-13-23-27-28-24(32-15-22(31)18-9-11-19(25)12-10-18)29(23)21-8-4-6-17-5-2-3-7-20(17)21/h2-12H,13-15H2,1H3,(H,26,30). The van der Waals surface area contributed by atoms with E-state index in [4.69, 9.17) is 0 Å². The molecule has 162 valence electrons. The molecule has 0 aliphatic heterocycles. The molecule has 0 atom stereocenters. The van der Waals surface area contributed by atoms with Gasteiger partial charge in [0.25, 0.3) is 0 Å². The lowest BCUT2D eigenvalue weighted by Gasteiger charge is -2.13. The lowest BCUT2D eigenvalue weighted by atomic mass is 10.1. The van der Waals surface area contributed by atoms with E-state index < -0.39 is 0 Å². The number of thioether (sulfide) groups is 1. The molecule has 1 heterocycles. The van der Waals surface area contributed by atoms with E-state index in [9.17, 15) is 9.59 Å². The van der Waals surface area contributed by atoms with Crippen molar-refractivity contribution in [3.63, 3.8) is 0 Å². The van der Waals surface area contributed by atoms with Gasteiger partial charge in [0, 0.05) is 35.3 Å². The highest BCUT2D eigenvalue weighted by Crippen LogP contribution is 2.28. The van der Waals surface area contributed by atoms with E-state index >= 15 is 0 Å². The molecular formula is C24H21BrN4O2S. The Hall–Kier alpha value is -2.97. The number of aromatic nitrogens is 3. The Labute approximate surface area is 198 Å². The molecule has 0 fully saturated rings. The maximum atomic E-state index is 12.7. The summed E-state index contributed by atoms with van der Waals surface area (Å²) in [5, 5.41) is 14.4. The zero-order valence-corrected chi connectivity index (χ0v) is 19.8. The molecule has 4 aromatic rings. The van der Waals surface area contributed by atoms with Crippen molar-refractivity contribution in [2.24, 2.45) is 0 Å². The fraction of sp³-hybridized carbons (Fsp3) is 0.167. The highest BCUT2D eigenvalue weighted by molar-refractivity contribution is 9.10. The molecule has 0 spiro atoms. The number of hydrogen-bond donors (Lipinski definition) is 1. The first kappa shape index (κ1) is 22.2. The van der Waals surface area contributed by atoms with Crippen LogP contribution in [-0.2, 0) is 11.2 Å². The van der Waals surface area contributed by atoms with Crippen LogP contribution < -0.4 is 5.32 Å². The fourth-order valence-electron chi connectivity index (χ4n) is 3.40. The van der Waals surface area contributed by atoms with E-state index in [0.29, 0.717) is 23.7 Å². The van der Waals surface area contributed by atoms with Crippen molar-refractivity contribution in [2.75, 3.05) is 12.3 Å². The zero-order chi connectivity index (χ0) is 22.5. The molecule has 8 heteroatoms. The Balaban J connectivity index is 1.66. The third kappa shape index (κ3) is 5.08. The molecule has 0 aliphatic carbocycles. The van der Waals surface area contributed by atoms with E-state index in [1.54, 1.807) is 12.1 Å². The summed E-state index contributed by atoms with van der Waals surface area (Å²) >= 11 is 4.75. The lowest BCUT2D eigenvalue weighted by Crippen LogP contribution is -2.23. The summed E-state index contributed by atoms with van der Waals surface area (Å²) in [6, 6.07) is 21.5. The molecular weight excluding hydrogens is 488 g/mol. The number of Topliss-reactive ketones (excluding diaryl/α,β-unsaturated/α-hetero) is 1. The van der Waals surface area contributed by atoms with Gasteiger partial charge in [0.2, 0.25) is 5.91 Å². The van der Waals surface area contributed by atoms with Crippen molar-refractivity contribution in [1.29, 1.82) is 0 Å². The number of carbonyl (C=O) groups excluding carboxylic acids is 2. The predicted octanol–water partition coefficient (Wildman–Crippen LogP) is 4.84. The van der Waals surface area contributed by atoms with Gasteiger partial charge in [-0.25, -0.2) is 0 Å². The molecule has 0 aliphatic rings. The van der Waals surface area contributed by atoms with Crippen molar-refractivity contribution in [3.05, 3.63) is 82.6 Å². The Morgan fingerprint density at radius 2 is 1.75 bits per heavy atom. The van der Waals surface area contributed by atoms with Gasteiger partial charge in [-0.05, 0) is 23.6 Å². The minimum absolute atomic E-state index is 0.0229. The lowest BCUT2D eigenvalue weighted by molar-refractivity contribution is -0.118. The van der Waals surface area contributed by atoms with Crippen molar-refractivity contribution < 1.29 is 9.59 Å². The van der Waals surface area contributed by atoms with Crippen LogP contribution in [0.4, 0.5) is 0 Å². The largest absolute Gasteiger partial charge is 0.356 e. The Kier molecular flexibility index (Phi) is 7.02. The SMILES string of the molecule is CC(=O)NCCc1nnc(SCC(=O)c2ccc(Br)cc2)n1-c1cccc2ccccc12. The zero-order valence-electron chi connectivity index (χ0n) is 17.4. The minimum atomic E-state index is -0.0871. The van der Waals surface area contributed by atoms with E-state index in [1.165, 1.54) is 18.7 Å². The normalized spacial score (nSPS) is 10.9. The van der Waals surface area contributed by atoms with Crippen LogP contribution >= 0.6 is 27.7 Å². The highest BCUT2D eigenvalue weighted by atomic mass is 79.9. The average Bonchev–Trinajstić information content (AvgIpc) is 3.19. The average molecular weight is 509 g/mol. The summed E-state index contributed by atoms with van der Waals surface area (Å²) in [5.41, 5.74) is 1.60. The van der Waals surface area contributed by atoms with Crippen LogP contribution in [0.2, 0.25) is 0 Å². The number of fused-ring (bicyclic) bond motifs is 1. The van der Waals surface area contributed by atoms with E-state index in [0.717, 1.165) is 26.8 Å². The number of benzene rings is 3. The van der Waals surface area contributed by atoms with Gasteiger partial charge < -0.3 is 5.32 Å². The molecule has 1 aromatic heterocycles. The third-order valence-electron chi connectivity index (χ3n) is 4.93. The minimum Gasteiger partial charge on any atom is -0.356 e. The Morgan fingerprint density at radius 3 is 2.53 bits per heavy atom. The molecule has 0 radical (unpaired) electrons. The summed E-state index contributed by atoms with van der Waals surface area (Å²) in [5.74, 6) is 0.912. The van der Waals surface area contributed by atoms with E-state index in [-0.39, 0.29) is 17.4 Å². The Morgan fingerprint density at radius 1 is 1.00 bits per heavy atom. The molecule has 1 N–H and O–H groups in total. The van der Waals surface area contributed by atoms with Crippen molar-refractivity contribution >= 4 is 50.2 Å². The molecule has 0 saturated carbocycles. The first-order valence-corrected chi connectivity index (χ1v) is 11.9. The van der Waals surface area contributed by atoms with Gasteiger partial charge in [0.05, 0.1) is 11.4 Å². The fourth-order valence-corrected chi connectivity index (χ4v) is 4.52.